The molecule has 0 radical (unpaired) electrons. The molecule has 0 saturated carbocycles. The summed E-state index contributed by atoms with van der Waals surface area (Å²) in [7, 11) is 0. The van der Waals surface area contributed by atoms with Gasteiger partial charge < -0.3 is 0 Å². The zero-order chi connectivity index (χ0) is 9.19. The molecule has 0 aliphatic heterocycles. The summed E-state index contributed by atoms with van der Waals surface area (Å²) in [5, 5.41) is 0. The van der Waals surface area contributed by atoms with E-state index in [1.54, 1.807) is 12.2 Å². The number of hydrogen-bond acceptors (Lipinski definition) is 0. The van der Waals surface area contributed by atoms with Crippen molar-refractivity contribution >= 4 is 0 Å². The van der Waals surface area contributed by atoms with Gasteiger partial charge in [0.05, 0.1) is 0 Å². The second-order valence-corrected chi connectivity index (χ2v) is 4.85. The van der Waals surface area contributed by atoms with E-state index in [1.165, 1.54) is 6.08 Å². The maximum absolute atomic E-state index is 12.1. The zero-order valence-electron chi connectivity index (χ0n) is 6.53. The van der Waals surface area contributed by atoms with Crippen molar-refractivity contribution in [2.24, 2.45) is 5.92 Å². The van der Waals surface area contributed by atoms with E-state index in [1.807, 2.05) is 4.93 Å². The van der Waals surface area contributed by atoms with Crippen molar-refractivity contribution in [3.63, 3.8) is 0 Å². The number of rotatable bonds is 1. The van der Waals surface area contributed by atoms with E-state index in [9.17, 15) is 13.2 Å². The minimum absolute atomic E-state index is 0.0629. The molecule has 0 saturated heterocycles. The van der Waals surface area contributed by atoms with Crippen LogP contribution < -0.4 is 21.2 Å². The third-order valence-corrected chi connectivity index (χ3v) is 3.74. The van der Waals surface area contributed by atoms with Crippen LogP contribution in [0.2, 0.25) is 0 Å². The van der Waals surface area contributed by atoms with Crippen LogP contribution in [0.1, 0.15) is 6.42 Å². The first-order valence-corrected chi connectivity index (χ1v) is 6.72. The fourth-order valence-corrected chi connectivity index (χ4v) is 2.24. The maximum atomic E-state index is 12.1. The summed E-state index contributed by atoms with van der Waals surface area (Å²) in [5.74, 6) is -1.25. The molecule has 0 aromatic heterocycles. The van der Waals surface area contributed by atoms with Gasteiger partial charge in [0.15, 0.2) is 0 Å². The Bertz CT molecular complexity index is 215. The SMILES string of the molecule is C[I-]C1=CCC(C(F)(F)F)C=C1. The molecular formula is C8H9F3I-. The van der Waals surface area contributed by atoms with Crippen LogP contribution in [0, 0.1) is 5.92 Å². The van der Waals surface area contributed by atoms with E-state index in [-0.39, 0.29) is 27.6 Å². The van der Waals surface area contributed by atoms with Gasteiger partial charge in [-0.2, -0.15) is 0 Å². The Morgan fingerprint density at radius 1 is 1.50 bits per heavy atom. The molecule has 0 nitrogen and oxygen atoms in total. The molecule has 1 aliphatic rings. The average molecular weight is 289 g/mol. The van der Waals surface area contributed by atoms with E-state index in [0.29, 0.717) is 0 Å². The van der Waals surface area contributed by atoms with Crippen LogP contribution in [0.3, 0.4) is 0 Å². The predicted octanol–water partition coefficient (Wildman–Crippen LogP) is -0.273. The van der Waals surface area contributed by atoms with Crippen LogP contribution >= 0.6 is 0 Å². The molecule has 0 amide bonds. The number of allylic oxidation sites excluding steroid dienone is 4. The molecule has 0 fully saturated rings. The number of alkyl halides is 4. The number of halogens is 4. The van der Waals surface area contributed by atoms with E-state index in [4.69, 9.17) is 0 Å². The summed E-state index contributed by atoms with van der Waals surface area (Å²) >= 11 is -0.0629. The van der Waals surface area contributed by atoms with Crippen molar-refractivity contribution in [1.29, 1.82) is 0 Å². The van der Waals surface area contributed by atoms with E-state index >= 15 is 0 Å². The first-order chi connectivity index (χ1) is 5.54. The zero-order valence-corrected chi connectivity index (χ0v) is 8.69. The van der Waals surface area contributed by atoms with Crippen molar-refractivity contribution in [1.82, 2.24) is 0 Å². The Hall–Kier alpha value is -0.0000000000000000555. The third kappa shape index (κ3) is 2.50. The van der Waals surface area contributed by atoms with Crippen molar-refractivity contribution in [3.05, 3.63) is 21.8 Å². The van der Waals surface area contributed by atoms with Gasteiger partial charge in [0.2, 0.25) is 0 Å². The van der Waals surface area contributed by atoms with E-state index < -0.39 is 12.1 Å². The van der Waals surface area contributed by atoms with Gasteiger partial charge in [-0.15, -0.1) is 0 Å². The van der Waals surface area contributed by atoms with Gasteiger partial charge in [0.25, 0.3) is 0 Å². The molecule has 0 heterocycles. The molecule has 12 heavy (non-hydrogen) atoms. The summed E-state index contributed by atoms with van der Waals surface area (Å²) in [6.07, 6.45) is 0.673. The Labute approximate surface area is 79.8 Å². The second kappa shape index (κ2) is 3.81. The first kappa shape index (κ1) is 10.1. The molecule has 0 bridgehead atoms. The van der Waals surface area contributed by atoms with Crippen LogP contribution in [0.25, 0.3) is 0 Å². The quantitative estimate of drug-likeness (QED) is 0.460. The fraction of sp³-hybridized carbons (Fsp3) is 0.500. The normalized spacial score (nSPS) is 24.3. The summed E-state index contributed by atoms with van der Waals surface area (Å²) in [5.41, 5.74) is 0. The minimum atomic E-state index is -4.06. The van der Waals surface area contributed by atoms with Gasteiger partial charge in [-0.3, -0.25) is 0 Å². The van der Waals surface area contributed by atoms with Gasteiger partial charge in [0, 0.05) is 0 Å². The molecule has 1 unspecified atom stereocenters. The number of hydrogen-bond donors (Lipinski definition) is 0. The van der Waals surface area contributed by atoms with Crippen LogP contribution in [-0.4, -0.2) is 11.1 Å². The molecule has 1 aliphatic carbocycles. The molecule has 0 spiro atoms. The Morgan fingerprint density at radius 3 is 2.50 bits per heavy atom. The van der Waals surface area contributed by atoms with Crippen LogP contribution in [0.5, 0.6) is 0 Å². The Balaban J connectivity index is 2.60. The molecule has 0 aromatic carbocycles. The molecule has 0 N–H and O–H groups in total. The standard InChI is InChI=1S/C8H9F3I/c1-12-7-4-2-6(3-5-7)8(9,10)11/h2,4-6H,3H2,1H3/q-1. The average Bonchev–Trinajstić information content (AvgIpc) is 2.03. The van der Waals surface area contributed by atoms with Gasteiger partial charge in [-0.1, -0.05) is 0 Å². The first-order valence-electron chi connectivity index (χ1n) is 3.48. The molecule has 1 rings (SSSR count). The van der Waals surface area contributed by atoms with Crippen LogP contribution in [0.4, 0.5) is 13.2 Å². The second-order valence-electron chi connectivity index (χ2n) is 2.52. The van der Waals surface area contributed by atoms with Gasteiger partial charge in [-0.05, 0) is 0 Å². The van der Waals surface area contributed by atoms with E-state index in [0.717, 1.165) is 3.58 Å². The van der Waals surface area contributed by atoms with Crippen molar-refractivity contribution in [3.8, 4) is 0 Å². The van der Waals surface area contributed by atoms with Crippen LogP contribution in [0.15, 0.2) is 21.8 Å². The fourth-order valence-electron chi connectivity index (χ4n) is 0.977. The topological polar surface area (TPSA) is 0 Å². The van der Waals surface area contributed by atoms with E-state index in [2.05, 4.69) is 0 Å². The predicted molar refractivity (Wildman–Crippen MR) is 37.3 cm³/mol. The monoisotopic (exact) mass is 289 g/mol. The summed E-state index contributed by atoms with van der Waals surface area (Å²) in [6, 6.07) is 0. The third-order valence-electron chi connectivity index (χ3n) is 1.69. The van der Waals surface area contributed by atoms with Gasteiger partial charge in [0.1, 0.15) is 0 Å². The van der Waals surface area contributed by atoms with Crippen molar-refractivity contribution in [2.45, 2.75) is 12.6 Å². The molecule has 1 atom stereocenters. The van der Waals surface area contributed by atoms with Crippen molar-refractivity contribution in [2.75, 3.05) is 4.93 Å². The van der Waals surface area contributed by atoms with Gasteiger partial charge >= 0.3 is 79.6 Å². The Kier molecular flexibility index (Phi) is 3.20. The molecular weight excluding hydrogens is 280 g/mol. The van der Waals surface area contributed by atoms with Crippen LogP contribution in [-0.2, 0) is 0 Å². The van der Waals surface area contributed by atoms with Crippen molar-refractivity contribution < 1.29 is 34.4 Å². The molecule has 70 valence electrons. The van der Waals surface area contributed by atoms with Gasteiger partial charge in [-0.25, -0.2) is 0 Å². The summed E-state index contributed by atoms with van der Waals surface area (Å²) in [6.45, 7) is 0. The molecule has 4 heteroatoms. The Morgan fingerprint density at radius 2 is 2.17 bits per heavy atom. The summed E-state index contributed by atoms with van der Waals surface area (Å²) in [4.78, 5) is 2.04. The summed E-state index contributed by atoms with van der Waals surface area (Å²) < 4.78 is 37.4. The molecule has 0 aromatic rings.